The molecule has 0 radical (unpaired) electrons. The summed E-state index contributed by atoms with van der Waals surface area (Å²) < 4.78 is 10.7. The van der Waals surface area contributed by atoms with Gasteiger partial charge >= 0.3 is 0 Å². The number of ether oxygens (including phenoxy) is 2. The lowest BCUT2D eigenvalue weighted by atomic mass is 9.88. The van der Waals surface area contributed by atoms with Gasteiger partial charge in [-0.25, -0.2) is 0 Å². The molecular formula is C26H31N3O5. The Balaban J connectivity index is 1.41. The first-order valence-electron chi connectivity index (χ1n) is 11.8. The Labute approximate surface area is 199 Å². The fraction of sp³-hybridized carbons (Fsp3) is 0.423. The highest BCUT2D eigenvalue weighted by atomic mass is 16.7. The van der Waals surface area contributed by atoms with E-state index in [0.29, 0.717) is 55.1 Å². The Morgan fingerprint density at radius 1 is 1.00 bits per heavy atom. The Morgan fingerprint density at radius 2 is 1.68 bits per heavy atom. The van der Waals surface area contributed by atoms with Crippen LogP contribution in [0.3, 0.4) is 0 Å². The second-order valence-electron chi connectivity index (χ2n) is 8.81. The number of nitrogens with zero attached hydrogens (tertiary/aromatic N) is 1. The van der Waals surface area contributed by atoms with Crippen molar-refractivity contribution in [3.05, 3.63) is 59.2 Å². The molecule has 0 spiro atoms. The molecule has 1 atom stereocenters. The van der Waals surface area contributed by atoms with E-state index in [4.69, 9.17) is 9.47 Å². The Bertz CT molecular complexity index is 1040. The van der Waals surface area contributed by atoms with Gasteiger partial charge in [0, 0.05) is 30.8 Å². The fourth-order valence-electron chi connectivity index (χ4n) is 4.33. The van der Waals surface area contributed by atoms with Gasteiger partial charge in [0.05, 0.1) is 0 Å². The summed E-state index contributed by atoms with van der Waals surface area (Å²) in [7, 11) is 0. The van der Waals surface area contributed by atoms with E-state index in [1.807, 2.05) is 26.0 Å². The smallest absolute Gasteiger partial charge is 0.253 e. The van der Waals surface area contributed by atoms with Crippen molar-refractivity contribution in [3.63, 3.8) is 0 Å². The van der Waals surface area contributed by atoms with Crippen molar-refractivity contribution in [1.29, 1.82) is 0 Å². The zero-order valence-electron chi connectivity index (χ0n) is 19.6. The highest BCUT2D eigenvalue weighted by molar-refractivity contribution is 5.98. The molecule has 0 unspecified atom stereocenters. The highest BCUT2D eigenvalue weighted by Crippen LogP contribution is 2.33. The van der Waals surface area contributed by atoms with Gasteiger partial charge in [-0.2, -0.15) is 0 Å². The number of likely N-dealkylation sites (tertiary alicyclic amines) is 1. The number of fused-ring (bicyclic) bond motifs is 1. The fourth-order valence-corrected chi connectivity index (χ4v) is 4.33. The summed E-state index contributed by atoms with van der Waals surface area (Å²) in [6.07, 6.45) is 2.05. The van der Waals surface area contributed by atoms with Crippen molar-refractivity contribution in [3.8, 4) is 11.5 Å². The van der Waals surface area contributed by atoms with Gasteiger partial charge in [0.15, 0.2) is 11.5 Å². The molecule has 8 nitrogen and oxygen atoms in total. The number of amides is 3. The quantitative estimate of drug-likeness (QED) is 0.656. The molecule has 2 aromatic rings. The molecule has 0 aliphatic carbocycles. The van der Waals surface area contributed by atoms with Crippen LogP contribution in [0.4, 0.5) is 0 Å². The maximum absolute atomic E-state index is 13.0. The van der Waals surface area contributed by atoms with E-state index >= 15 is 0 Å². The molecule has 8 heteroatoms. The Kier molecular flexibility index (Phi) is 7.35. The minimum atomic E-state index is -0.650. The van der Waals surface area contributed by atoms with Gasteiger partial charge in [-0.3, -0.25) is 14.4 Å². The van der Waals surface area contributed by atoms with Crippen LogP contribution in [-0.2, 0) is 4.79 Å². The second-order valence-corrected chi connectivity index (χ2v) is 8.81. The van der Waals surface area contributed by atoms with Gasteiger partial charge in [-0.1, -0.05) is 24.6 Å². The van der Waals surface area contributed by atoms with Crippen LogP contribution in [0.1, 0.15) is 52.5 Å². The van der Waals surface area contributed by atoms with E-state index in [1.54, 1.807) is 35.2 Å². The molecule has 180 valence electrons. The number of carbonyl (C=O) groups is 3. The molecule has 2 aliphatic rings. The first-order valence-corrected chi connectivity index (χ1v) is 11.8. The average Bonchev–Trinajstić information content (AvgIpc) is 3.34. The Morgan fingerprint density at radius 3 is 2.38 bits per heavy atom. The number of piperidine rings is 1. The van der Waals surface area contributed by atoms with Gasteiger partial charge in [0.25, 0.3) is 11.8 Å². The van der Waals surface area contributed by atoms with Crippen LogP contribution in [-0.4, -0.2) is 55.1 Å². The summed E-state index contributed by atoms with van der Waals surface area (Å²) in [6.45, 7) is 5.68. The topological polar surface area (TPSA) is 97.0 Å². The molecule has 1 saturated heterocycles. The molecule has 2 aliphatic heterocycles. The van der Waals surface area contributed by atoms with Crippen LogP contribution >= 0.6 is 0 Å². The summed E-state index contributed by atoms with van der Waals surface area (Å²) in [4.78, 5) is 40.6. The summed E-state index contributed by atoms with van der Waals surface area (Å²) in [5.74, 6) is 0.630. The number of aryl methyl sites for hydroxylation is 1. The van der Waals surface area contributed by atoms with E-state index in [1.165, 1.54) is 0 Å². The van der Waals surface area contributed by atoms with Crippen molar-refractivity contribution in [2.24, 2.45) is 5.92 Å². The third-order valence-electron chi connectivity index (χ3n) is 6.35. The van der Waals surface area contributed by atoms with Crippen molar-refractivity contribution in [2.45, 2.75) is 39.2 Å². The van der Waals surface area contributed by atoms with Crippen LogP contribution < -0.4 is 20.1 Å². The molecule has 0 aromatic heterocycles. The number of hydrogen-bond acceptors (Lipinski definition) is 5. The largest absolute Gasteiger partial charge is 0.454 e. The van der Waals surface area contributed by atoms with E-state index in [2.05, 4.69) is 10.6 Å². The summed E-state index contributed by atoms with van der Waals surface area (Å²) >= 11 is 0. The number of benzene rings is 2. The van der Waals surface area contributed by atoms with E-state index < -0.39 is 6.04 Å². The minimum absolute atomic E-state index is 0.0629. The third kappa shape index (κ3) is 5.32. The molecule has 0 bridgehead atoms. The maximum Gasteiger partial charge on any atom is 0.253 e. The normalized spacial score (nSPS) is 16.1. The molecule has 2 heterocycles. The molecule has 2 N–H and O–H groups in total. The first-order chi connectivity index (χ1) is 16.5. The van der Waals surface area contributed by atoms with Crippen molar-refractivity contribution < 1.29 is 23.9 Å². The molecule has 4 rings (SSSR count). The highest BCUT2D eigenvalue weighted by Gasteiger charge is 2.34. The standard InChI is InChI=1S/C26H31N3O5/c1-3-12-27-25(31)23(28-24(30)19-6-4-17(2)5-7-19)18-10-13-29(14-11-18)26(32)20-8-9-21-22(15-20)34-16-33-21/h4-9,15,18,23H,3,10-14,16H2,1-2H3,(H,27,31)(H,28,30)/t23-/m1/s1. The number of hydrogen-bond donors (Lipinski definition) is 2. The number of carbonyl (C=O) groups excluding carboxylic acids is 3. The van der Waals surface area contributed by atoms with Crippen LogP contribution in [0.2, 0.25) is 0 Å². The van der Waals surface area contributed by atoms with Crippen LogP contribution in [0, 0.1) is 12.8 Å². The average molecular weight is 466 g/mol. The summed E-state index contributed by atoms with van der Waals surface area (Å²) in [5, 5.41) is 5.87. The van der Waals surface area contributed by atoms with Gasteiger partial charge < -0.3 is 25.0 Å². The zero-order valence-corrected chi connectivity index (χ0v) is 19.6. The molecule has 3 amide bonds. The van der Waals surface area contributed by atoms with Gasteiger partial charge in [-0.15, -0.1) is 0 Å². The molecular weight excluding hydrogens is 434 g/mol. The van der Waals surface area contributed by atoms with E-state index in [9.17, 15) is 14.4 Å². The Hall–Kier alpha value is -3.55. The lowest BCUT2D eigenvalue weighted by Crippen LogP contribution is -2.54. The van der Waals surface area contributed by atoms with Crippen LogP contribution in [0.5, 0.6) is 11.5 Å². The van der Waals surface area contributed by atoms with Gasteiger partial charge in [0.1, 0.15) is 6.04 Å². The summed E-state index contributed by atoms with van der Waals surface area (Å²) in [6, 6.07) is 11.8. The van der Waals surface area contributed by atoms with E-state index in [0.717, 1.165) is 12.0 Å². The second kappa shape index (κ2) is 10.6. The van der Waals surface area contributed by atoms with Crippen LogP contribution in [0.25, 0.3) is 0 Å². The molecule has 0 saturated carbocycles. The van der Waals surface area contributed by atoms with Crippen molar-refractivity contribution in [1.82, 2.24) is 15.5 Å². The third-order valence-corrected chi connectivity index (χ3v) is 6.35. The molecule has 34 heavy (non-hydrogen) atoms. The lowest BCUT2D eigenvalue weighted by Gasteiger charge is -2.36. The molecule has 1 fully saturated rings. The van der Waals surface area contributed by atoms with Crippen molar-refractivity contribution in [2.75, 3.05) is 26.4 Å². The maximum atomic E-state index is 13.0. The predicted octanol–water partition coefficient (Wildman–Crippen LogP) is 2.90. The number of nitrogens with one attached hydrogen (secondary N) is 2. The van der Waals surface area contributed by atoms with Gasteiger partial charge in [-0.05, 0) is 62.4 Å². The number of rotatable bonds is 7. The minimum Gasteiger partial charge on any atom is -0.454 e. The summed E-state index contributed by atoms with van der Waals surface area (Å²) in [5.41, 5.74) is 2.13. The monoisotopic (exact) mass is 465 g/mol. The first kappa shape index (κ1) is 23.6. The van der Waals surface area contributed by atoms with Gasteiger partial charge in [0.2, 0.25) is 12.7 Å². The zero-order chi connectivity index (χ0) is 24.1. The van der Waals surface area contributed by atoms with E-state index in [-0.39, 0.29) is 30.4 Å². The van der Waals surface area contributed by atoms with Crippen molar-refractivity contribution >= 4 is 17.7 Å². The SMILES string of the molecule is CCCNC(=O)[C@H](NC(=O)c1ccc(C)cc1)C1CCN(C(=O)c2ccc3c(c2)OCO3)CC1. The lowest BCUT2D eigenvalue weighted by molar-refractivity contribution is -0.124. The molecule has 2 aromatic carbocycles. The van der Waals surface area contributed by atoms with Crippen LogP contribution in [0.15, 0.2) is 42.5 Å². The predicted molar refractivity (Wildman–Crippen MR) is 127 cm³/mol.